The Morgan fingerprint density at radius 1 is 1.41 bits per heavy atom. The summed E-state index contributed by atoms with van der Waals surface area (Å²) in [5.41, 5.74) is -1.14. The van der Waals surface area contributed by atoms with Crippen molar-refractivity contribution in [2.75, 3.05) is 6.61 Å². The van der Waals surface area contributed by atoms with Crippen LogP contribution >= 0.6 is 0 Å². The molecule has 2 saturated carbocycles. The van der Waals surface area contributed by atoms with Gasteiger partial charge in [-0.25, -0.2) is 0 Å². The number of hydrogen-bond acceptors (Lipinski definition) is 4. The highest BCUT2D eigenvalue weighted by molar-refractivity contribution is 6.08. The Labute approximate surface area is 101 Å². The number of carbonyl (C=O) groups is 3. The molecule has 0 aromatic carbocycles. The normalized spacial score (nSPS) is 28.2. The van der Waals surface area contributed by atoms with E-state index < -0.39 is 11.4 Å². The quantitative estimate of drug-likeness (QED) is 0.540. The first-order valence-corrected chi connectivity index (χ1v) is 6.33. The fourth-order valence-corrected chi connectivity index (χ4v) is 2.52. The molecule has 0 heterocycles. The van der Waals surface area contributed by atoms with Crippen LogP contribution in [-0.2, 0) is 19.1 Å². The van der Waals surface area contributed by atoms with Gasteiger partial charge >= 0.3 is 5.97 Å². The molecular weight excluding hydrogens is 220 g/mol. The number of rotatable bonds is 5. The lowest BCUT2D eigenvalue weighted by Crippen LogP contribution is -2.39. The van der Waals surface area contributed by atoms with E-state index in [9.17, 15) is 14.4 Å². The summed E-state index contributed by atoms with van der Waals surface area (Å²) in [6.45, 7) is 1.97. The van der Waals surface area contributed by atoms with Crippen LogP contribution in [0.15, 0.2) is 0 Å². The third-order valence-corrected chi connectivity index (χ3v) is 3.72. The van der Waals surface area contributed by atoms with Gasteiger partial charge in [-0.2, -0.15) is 0 Å². The van der Waals surface area contributed by atoms with Crippen molar-refractivity contribution in [2.45, 2.75) is 45.4 Å². The van der Waals surface area contributed by atoms with Crippen LogP contribution < -0.4 is 0 Å². The van der Waals surface area contributed by atoms with E-state index in [1.54, 1.807) is 6.92 Å². The Kier molecular flexibility index (Phi) is 3.31. The van der Waals surface area contributed by atoms with E-state index in [-0.39, 0.29) is 30.5 Å². The number of carbonyl (C=O) groups excluding carboxylic acids is 3. The molecule has 0 aromatic heterocycles. The number of ether oxygens (including phenoxy) is 1. The maximum atomic E-state index is 12.0. The van der Waals surface area contributed by atoms with Gasteiger partial charge in [0.2, 0.25) is 0 Å². The number of ketones is 2. The summed E-state index contributed by atoms with van der Waals surface area (Å²) in [5, 5.41) is 0. The summed E-state index contributed by atoms with van der Waals surface area (Å²) in [4.78, 5) is 35.8. The molecule has 0 aromatic rings. The highest BCUT2D eigenvalue weighted by Crippen LogP contribution is 2.43. The SMILES string of the molecule is CCOC(=O)[C@@]1(CC(=O)C2CC2)CCCC1=O. The van der Waals surface area contributed by atoms with Crippen molar-refractivity contribution in [3.8, 4) is 0 Å². The molecule has 0 radical (unpaired) electrons. The van der Waals surface area contributed by atoms with Gasteiger partial charge in [0, 0.05) is 18.8 Å². The zero-order chi connectivity index (χ0) is 12.5. The van der Waals surface area contributed by atoms with Crippen molar-refractivity contribution in [1.29, 1.82) is 0 Å². The standard InChI is InChI=1S/C13H18O4/c1-2-17-12(16)13(7-3-4-11(13)15)8-10(14)9-5-6-9/h9H,2-8H2,1H3/t13-/m1/s1. The van der Waals surface area contributed by atoms with Crippen molar-refractivity contribution in [1.82, 2.24) is 0 Å². The molecule has 2 fully saturated rings. The molecule has 0 spiro atoms. The highest BCUT2D eigenvalue weighted by Gasteiger charge is 2.52. The maximum absolute atomic E-state index is 12.0. The summed E-state index contributed by atoms with van der Waals surface area (Å²) >= 11 is 0. The van der Waals surface area contributed by atoms with Crippen LogP contribution in [0, 0.1) is 11.3 Å². The number of hydrogen-bond donors (Lipinski definition) is 0. The Morgan fingerprint density at radius 2 is 2.12 bits per heavy atom. The first-order chi connectivity index (χ1) is 8.10. The minimum Gasteiger partial charge on any atom is -0.465 e. The van der Waals surface area contributed by atoms with Crippen LogP contribution in [0.5, 0.6) is 0 Å². The molecule has 0 bridgehead atoms. The monoisotopic (exact) mass is 238 g/mol. The predicted octanol–water partition coefficient (Wildman–Crippen LogP) is 1.66. The van der Waals surface area contributed by atoms with Gasteiger partial charge < -0.3 is 4.74 Å². The lowest BCUT2D eigenvalue weighted by Gasteiger charge is -2.24. The van der Waals surface area contributed by atoms with Crippen LogP contribution in [0.2, 0.25) is 0 Å². The van der Waals surface area contributed by atoms with Crippen molar-refractivity contribution in [2.24, 2.45) is 11.3 Å². The fourth-order valence-electron chi connectivity index (χ4n) is 2.52. The average Bonchev–Trinajstić information content (AvgIpc) is 3.06. The second kappa shape index (κ2) is 4.59. The number of Topliss-reactive ketones (excluding diaryl/α,β-unsaturated/α-hetero) is 2. The molecule has 2 rings (SSSR count). The van der Waals surface area contributed by atoms with Crippen LogP contribution in [0.3, 0.4) is 0 Å². The summed E-state index contributed by atoms with van der Waals surface area (Å²) in [7, 11) is 0. The zero-order valence-electron chi connectivity index (χ0n) is 10.2. The summed E-state index contributed by atoms with van der Waals surface area (Å²) in [6, 6.07) is 0. The summed E-state index contributed by atoms with van der Waals surface area (Å²) < 4.78 is 4.99. The molecule has 0 saturated heterocycles. The van der Waals surface area contributed by atoms with E-state index in [2.05, 4.69) is 0 Å². The van der Waals surface area contributed by atoms with E-state index in [0.29, 0.717) is 19.3 Å². The molecule has 17 heavy (non-hydrogen) atoms. The third kappa shape index (κ3) is 2.26. The molecular formula is C13H18O4. The Morgan fingerprint density at radius 3 is 2.59 bits per heavy atom. The van der Waals surface area contributed by atoms with Gasteiger partial charge in [-0.1, -0.05) is 0 Å². The smallest absolute Gasteiger partial charge is 0.320 e. The molecule has 0 amide bonds. The molecule has 2 aliphatic rings. The van der Waals surface area contributed by atoms with Crippen LogP contribution in [0.25, 0.3) is 0 Å². The van der Waals surface area contributed by atoms with Gasteiger partial charge in [-0.15, -0.1) is 0 Å². The van der Waals surface area contributed by atoms with Gasteiger partial charge in [0.15, 0.2) is 5.78 Å². The predicted molar refractivity (Wildman–Crippen MR) is 60.3 cm³/mol. The highest BCUT2D eigenvalue weighted by atomic mass is 16.5. The molecule has 1 atom stereocenters. The minimum absolute atomic E-state index is 0.0632. The molecule has 0 unspecified atom stereocenters. The van der Waals surface area contributed by atoms with Gasteiger partial charge in [-0.3, -0.25) is 14.4 Å². The van der Waals surface area contributed by atoms with Crippen molar-refractivity contribution in [3.63, 3.8) is 0 Å². The van der Waals surface area contributed by atoms with Crippen LogP contribution in [0.1, 0.15) is 45.4 Å². The Balaban J connectivity index is 2.14. The van der Waals surface area contributed by atoms with Crippen LogP contribution in [0.4, 0.5) is 0 Å². The topological polar surface area (TPSA) is 60.4 Å². The third-order valence-electron chi connectivity index (χ3n) is 3.72. The first-order valence-electron chi connectivity index (χ1n) is 6.33. The Bertz CT molecular complexity index is 356. The molecule has 94 valence electrons. The van der Waals surface area contributed by atoms with Gasteiger partial charge in [0.25, 0.3) is 0 Å². The van der Waals surface area contributed by atoms with Crippen LogP contribution in [-0.4, -0.2) is 24.1 Å². The van der Waals surface area contributed by atoms with E-state index >= 15 is 0 Å². The average molecular weight is 238 g/mol. The van der Waals surface area contributed by atoms with E-state index in [1.807, 2.05) is 0 Å². The number of esters is 1. The molecule has 0 N–H and O–H groups in total. The van der Waals surface area contributed by atoms with E-state index in [0.717, 1.165) is 12.8 Å². The lowest BCUT2D eigenvalue weighted by molar-refractivity contribution is -0.161. The van der Waals surface area contributed by atoms with Gasteiger partial charge in [-0.05, 0) is 32.6 Å². The molecule has 2 aliphatic carbocycles. The van der Waals surface area contributed by atoms with Crippen molar-refractivity contribution >= 4 is 17.5 Å². The molecule has 4 nitrogen and oxygen atoms in total. The second-order valence-corrected chi connectivity index (χ2v) is 5.00. The fraction of sp³-hybridized carbons (Fsp3) is 0.769. The lowest BCUT2D eigenvalue weighted by atomic mass is 9.79. The Hall–Kier alpha value is -1.19. The van der Waals surface area contributed by atoms with Gasteiger partial charge in [0.1, 0.15) is 11.2 Å². The van der Waals surface area contributed by atoms with E-state index in [4.69, 9.17) is 4.74 Å². The first kappa shape index (κ1) is 12.3. The summed E-state index contributed by atoms with van der Waals surface area (Å²) in [6.07, 6.45) is 3.45. The van der Waals surface area contributed by atoms with E-state index in [1.165, 1.54) is 0 Å². The molecule has 4 heteroatoms. The minimum atomic E-state index is -1.14. The van der Waals surface area contributed by atoms with Crippen molar-refractivity contribution < 1.29 is 19.1 Å². The van der Waals surface area contributed by atoms with Crippen molar-refractivity contribution in [3.05, 3.63) is 0 Å². The van der Waals surface area contributed by atoms with Gasteiger partial charge in [0.05, 0.1) is 6.61 Å². The maximum Gasteiger partial charge on any atom is 0.320 e. The second-order valence-electron chi connectivity index (χ2n) is 5.00. The summed E-state index contributed by atoms with van der Waals surface area (Å²) in [5.74, 6) is -0.440. The molecule has 0 aliphatic heterocycles. The zero-order valence-corrected chi connectivity index (χ0v) is 10.2. The largest absolute Gasteiger partial charge is 0.465 e.